The fourth-order valence-electron chi connectivity index (χ4n) is 2.18. The quantitative estimate of drug-likeness (QED) is 0.858. The van der Waals surface area contributed by atoms with Gasteiger partial charge in [-0.05, 0) is 25.0 Å². The highest BCUT2D eigenvalue weighted by Gasteiger charge is 2.15. The minimum absolute atomic E-state index is 0.120. The van der Waals surface area contributed by atoms with Crippen LogP contribution in [-0.2, 0) is 13.5 Å². The van der Waals surface area contributed by atoms with Crippen molar-refractivity contribution in [2.45, 2.75) is 26.7 Å². The van der Waals surface area contributed by atoms with Crippen molar-refractivity contribution in [2.75, 3.05) is 17.2 Å². The summed E-state index contributed by atoms with van der Waals surface area (Å²) < 4.78 is 1.68. The molecule has 0 saturated heterocycles. The van der Waals surface area contributed by atoms with E-state index in [0.717, 1.165) is 36.5 Å². The van der Waals surface area contributed by atoms with Crippen molar-refractivity contribution in [1.82, 2.24) is 9.78 Å². The van der Waals surface area contributed by atoms with Crippen LogP contribution in [0.2, 0.25) is 0 Å². The molecule has 112 valence electrons. The van der Waals surface area contributed by atoms with Gasteiger partial charge < -0.3 is 10.6 Å². The number of hydrogen-bond donors (Lipinski definition) is 2. The van der Waals surface area contributed by atoms with E-state index in [4.69, 9.17) is 0 Å². The van der Waals surface area contributed by atoms with Crippen molar-refractivity contribution in [3.05, 3.63) is 41.7 Å². The van der Waals surface area contributed by atoms with Crippen molar-refractivity contribution in [2.24, 2.45) is 7.05 Å². The number of benzene rings is 1. The van der Waals surface area contributed by atoms with Crippen LogP contribution in [0.4, 0.5) is 11.4 Å². The monoisotopic (exact) mass is 286 g/mol. The Morgan fingerprint density at radius 2 is 1.95 bits per heavy atom. The average molecular weight is 286 g/mol. The molecule has 1 amide bonds. The normalized spacial score (nSPS) is 10.4. The summed E-state index contributed by atoms with van der Waals surface area (Å²) in [7, 11) is 1.83. The molecule has 21 heavy (non-hydrogen) atoms. The van der Waals surface area contributed by atoms with Gasteiger partial charge in [0.1, 0.15) is 0 Å². The minimum atomic E-state index is -0.120. The fourth-order valence-corrected chi connectivity index (χ4v) is 2.18. The summed E-state index contributed by atoms with van der Waals surface area (Å²) in [4.78, 5) is 12.4. The predicted octanol–water partition coefficient (Wildman–Crippen LogP) is 3.06. The number of rotatable bonds is 6. The van der Waals surface area contributed by atoms with Crippen LogP contribution in [-0.4, -0.2) is 22.2 Å². The lowest BCUT2D eigenvalue weighted by molar-refractivity contribution is 0.102. The molecule has 0 fully saturated rings. The van der Waals surface area contributed by atoms with E-state index in [0.29, 0.717) is 5.56 Å². The summed E-state index contributed by atoms with van der Waals surface area (Å²) in [5, 5.41) is 10.6. The first-order valence-electron chi connectivity index (χ1n) is 7.32. The third-order valence-corrected chi connectivity index (χ3v) is 3.23. The molecule has 0 spiro atoms. The summed E-state index contributed by atoms with van der Waals surface area (Å²) in [6.07, 6.45) is 3.53. The van der Waals surface area contributed by atoms with Gasteiger partial charge in [-0.2, -0.15) is 5.10 Å². The van der Waals surface area contributed by atoms with E-state index < -0.39 is 0 Å². The number of amides is 1. The average Bonchev–Trinajstić information content (AvgIpc) is 2.87. The van der Waals surface area contributed by atoms with Crippen LogP contribution >= 0.6 is 0 Å². The molecule has 0 saturated carbocycles. The summed E-state index contributed by atoms with van der Waals surface area (Å²) in [6, 6.07) is 7.74. The van der Waals surface area contributed by atoms with Crippen LogP contribution in [0.5, 0.6) is 0 Å². The largest absolute Gasteiger partial charge is 0.383 e. The van der Waals surface area contributed by atoms with Crippen molar-refractivity contribution in [3.8, 4) is 0 Å². The Morgan fingerprint density at radius 1 is 1.24 bits per heavy atom. The van der Waals surface area contributed by atoms with Gasteiger partial charge in [-0.25, -0.2) is 0 Å². The first kappa shape index (κ1) is 15.1. The zero-order valence-corrected chi connectivity index (χ0v) is 12.8. The fraction of sp³-hybridized carbons (Fsp3) is 0.375. The molecule has 0 bridgehead atoms. The SMILES string of the molecule is CCCNc1ccccc1NC(=O)c1cn(C)nc1CC. The summed E-state index contributed by atoms with van der Waals surface area (Å²) in [6.45, 7) is 4.98. The number of carbonyl (C=O) groups is 1. The Hall–Kier alpha value is -2.30. The van der Waals surface area contributed by atoms with Crippen LogP contribution in [0.3, 0.4) is 0 Å². The third kappa shape index (κ3) is 3.62. The molecule has 0 atom stereocenters. The van der Waals surface area contributed by atoms with Crippen LogP contribution < -0.4 is 10.6 Å². The van der Waals surface area contributed by atoms with Crippen LogP contribution in [0.25, 0.3) is 0 Å². The molecule has 0 aliphatic heterocycles. The lowest BCUT2D eigenvalue weighted by Gasteiger charge is -2.12. The zero-order valence-electron chi connectivity index (χ0n) is 12.8. The predicted molar refractivity (Wildman–Crippen MR) is 85.8 cm³/mol. The molecule has 0 radical (unpaired) electrons. The van der Waals surface area contributed by atoms with E-state index in [1.807, 2.05) is 38.2 Å². The maximum absolute atomic E-state index is 12.4. The molecule has 5 nitrogen and oxygen atoms in total. The van der Waals surface area contributed by atoms with Crippen molar-refractivity contribution >= 4 is 17.3 Å². The van der Waals surface area contributed by atoms with E-state index in [-0.39, 0.29) is 5.91 Å². The molecule has 2 rings (SSSR count). The smallest absolute Gasteiger partial charge is 0.259 e. The maximum Gasteiger partial charge on any atom is 0.259 e. The molecule has 2 N–H and O–H groups in total. The summed E-state index contributed by atoms with van der Waals surface area (Å²) in [5.41, 5.74) is 3.18. The number of para-hydroxylation sites is 2. The second-order valence-corrected chi connectivity index (χ2v) is 4.94. The second kappa shape index (κ2) is 6.92. The Labute approximate surface area is 125 Å². The Kier molecular flexibility index (Phi) is 4.98. The Balaban J connectivity index is 2.19. The second-order valence-electron chi connectivity index (χ2n) is 4.94. The number of carbonyl (C=O) groups excluding carboxylic acids is 1. The first-order valence-corrected chi connectivity index (χ1v) is 7.32. The zero-order chi connectivity index (χ0) is 15.2. The van der Waals surface area contributed by atoms with E-state index in [9.17, 15) is 4.79 Å². The number of anilines is 2. The number of nitrogens with zero attached hydrogens (tertiary/aromatic N) is 2. The van der Waals surface area contributed by atoms with Gasteiger partial charge in [0.05, 0.1) is 22.6 Å². The highest BCUT2D eigenvalue weighted by Crippen LogP contribution is 2.22. The van der Waals surface area contributed by atoms with Gasteiger partial charge in [0, 0.05) is 19.8 Å². The lowest BCUT2D eigenvalue weighted by atomic mass is 10.2. The maximum atomic E-state index is 12.4. The molecule has 1 aromatic carbocycles. The van der Waals surface area contributed by atoms with Crippen LogP contribution in [0.15, 0.2) is 30.5 Å². The van der Waals surface area contributed by atoms with Crippen molar-refractivity contribution in [1.29, 1.82) is 0 Å². The summed E-state index contributed by atoms with van der Waals surface area (Å²) >= 11 is 0. The van der Waals surface area contributed by atoms with E-state index >= 15 is 0 Å². The van der Waals surface area contributed by atoms with Gasteiger partial charge in [-0.15, -0.1) is 0 Å². The first-order chi connectivity index (χ1) is 10.2. The molecular weight excluding hydrogens is 264 g/mol. The molecule has 1 aromatic heterocycles. The van der Waals surface area contributed by atoms with E-state index in [1.54, 1.807) is 10.9 Å². The van der Waals surface area contributed by atoms with E-state index in [2.05, 4.69) is 22.7 Å². The molecule has 0 aliphatic rings. The Morgan fingerprint density at radius 3 is 2.62 bits per heavy atom. The molecule has 1 heterocycles. The highest BCUT2D eigenvalue weighted by atomic mass is 16.1. The van der Waals surface area contributed by atoms with Gasteiger partial charge in [-0.3, -0.25) is 9.48 Å². The molecule has 2 aromatic rings. The highest BCUT2D eigenvalue weighted by molar-refractivity contribution is 6.06. The third-order valence-electron chi connectivity index (χ3n) is 3.23. The summed E-state index contributed by atoms with van der Waals surface area (Å²) in [5.74, 6) is -0.120. The molecule has 0 unspecified atom stereocenters. The number of hydrogen-bond acceptors (Lipinski definition) is 3. The molecular formula is C16H22N4O. The minimum Gasteiger partial charge on any atom is -0.383 e. The Bertz CT molecular complexity index is 618. The standard InChI is InChI=1S/C16H22N4O/c1-4-10-17-14-8-6-7-9-15(14)18-16(21)12-11-20(3)19-13(12)5-2/h6-9,11,17H,4-5,10H2,1-3H3,(H,18,21). The molecule has 0 aliphatic carbocycles. The number of aromatic nitrogens is 2. The molecule has 5 heteroatoms. The van der Waals surface area contributed by atoms with Crippen molar-refractivity contribution < 1.29 is 4.79 Å². The lowest BCUT2D eigenvalue weighted by Crippen LogP contribution is -2.15. The number of nitrogens with one attached hydrogen (secondary N) is 2. The van der Waals surface area contributed by atoms with Gasteiger partial charge in [0.25, 0.3) is 5.91 Å². The van der Waals surface area contributed by atoms with E-state index in [1.165, 1.54) is 0 Å². The number of aryl methyl sites for hydroxylation is 2. The van der Waals surface area contributed by atoms with Gasteiger partial charge in [0.15, 0.2) is 0 Å². The van der Waals surface area contributed by atoms with Gasteiger partial charge >= 0.3 is 0 Å². The van der Waals surface area contributed by atoms with Crippen LogP contribution in [0, 0.1) is 0 Å². The van der Waals surface area contributed by atoms with Gasteiger partial charge in [0.2, 0.25) is 0 Å². The van der Waals surface area contributed by atoms with Crippen molar-refractivity contribution in [3.63, 3.8) is 0 Å². The van der Waals surface area contributed by atoms with Crippen LogP contribution in [0.1, 0.15) is 36.3 Å². The van der Waals surface area contributed by atoms with Gasteiger partial charge in [-0.1, -0.05) is 26.0 Å². The topological polar surface area (TPSA) is 58.9 Å².